The van der Waals surface area contributed by atoms with Crippen LogP contribution in [0.25, 0.3) is 6.08 Å². The minimum absolute atomic E-state index is 0.132. The van der Waals surface area contributed by atoms with E-state index in [0.29, 0.717) is 25.5 Å². The van der Waals surface area contributed by atoms with Gasteiger partial charge in [-0.3, -0.25) is 5.32 Å². The number of aromatic nitrogens is 2. The zero-order chi connectivity index (χ0) is 21.5. The summed E-state index contributed by atoms with van der Waals surface area (Å²) in [4.78, 5) is 14.4. The SMILES string of the molecule is CC1CN(C(=O)Nc2cccnn2)CCC1=Cc1cccc(OCCc2ccsc2)c1. The van der Waals surface area contributed by atoms with Crippen LogP contribution in [-0.2, 0) is 6.42 Å². The summed E-state index contributed by atoms with van der Waals surface area (Å²) in [6.07, 6.45) is 5.57. The van der Waals surface area contributed by atoms with Gasteiger partial charge in [0.25, 0.3) is 0 Å². The van der Waals surface area contributed by atoms with Crippen molar-refractivity contribution in [2.24, 2.45) is 5.92 Å². The molecular formula is C24H26N4O2S. The highest BCUT2D eigenvalue weighted by atomic mass is 32.1. The van der Waals surface area contributed by atoms with Crippen molar-refractivity contribution in [3.63, 3.8) is 0 Å². The minimum Gasteiger partial charge on any atom is -0.493 e. The van der Waals surface area contributed by atoms with Crippen molar-refractivity contribution < 1.29 is 9.53 Å². The van der Waals surface area contributed by atoms with E-state index in [9.17, 15) is 4.79 Å². The van der Waals surface area contributed by atoms with E-state index in [1.165, 1.54) is 11.1 Å². The van der Waals surface area contributed by atoms with Crippen molar-refractivity contribution in [2.45, 2.75) is 19.8 Å². The Morgan fingerprint density at radius 2 is 2.26 bits per heavy atom. The van der Waals surface area contributed by atoms with Crippen LogP contribution in [-0.4, -0.2) is 40.8 Å². The molecule has 7 heteroatoms. The fourth-order valence-corrected chi connectivity index (χ4v) is 4.34. The maximum absolute atomic E-state index is 12.5. The van der Waals surface area contributed by atoms with Gasteiger partial charge in [0.15, 0.2) is 5.82 Å². The lowest BCUT2D eigenvalue weighted by Gasteiger charge is -2.33. The molecule has 1 aliphatic heterocycles. The number of carbonyl (C=O) groups is 1. The highest BCUT2D eigenvalue weighted by Crippen LogP contribution is 2.26. The molecular weight excluding hydrogens is 408 g/mol. The molecule has 0 spiro atoms. The number of anilines is 1. The lowest BCUT2D eigenvalue weighted by Crippen LogP contribution is -2.42. The first-order valence-electron chi connectivity index (χ1n) is 10.5. The van der Waals surface area contributed by atoms with E-state index in [0.717, 1.165) is 24.2 Å². The fraction of sp³-hybridized carbons (Fsp3) is 0.292. The van der Waals surface area contributed by atoms with Crippen LogP contribution in [0.2, 0.25) is 0 Å². The number of urea groups is 1. The zero-order valence-electron chi connectivity index (χ0n) is 17.5. The third-order valence-electron chi connectivity index (χ3n) is 5.34. The Morgan fingerprint density at radius 1 is 1.32 bits per heavy atom. The number of carbonyl (C=O) groups excluding carboxylic acids is 1. The number of hydrogen-bond acceptors (Lipinski definition) is 5. The van der Waals surface area contributed by atoms with Crippen molar-refractivity contribution in [3.8, 4) is 5.75 Å². The molecule has 1 saturated heterocycles. The second-order valence-electron chi connectivity index (χ2n) is 7.66. The van der Waals surface area contributed by atoms with Crippen molar-refractivity contribution in [1.29, 1.82) is 0 Å². The van der Waals surface area contributed by atoms with Crippen LogP contribution in [0, 0.1) is 5.92 Å². The van der Waals surface area contributed by atoms with E-state index in [1.54, 1.807) is 29.7 Å². The quantitative estimate of drug-likeness (QED) is 0.585. The van der Waals surface area contributed by atoms with E-state index >= 15 is 0 Å². The van der Waals surface area contributed by atoms with Gasteiger partial charge in [-0.2, -0.15) is 16.4 Å². The van der Waals surface area contributed by atoms with E-state index in [4.69, 9.17) is 4.74 Å². The highest BCUT2D eigenvalue weighted by molar-refractivity contribution is 7.07. The highest BCUT2D eigenvalue weighted by Gasteiger charge is 2.24. The van der Waals surface area contributed by atoms with Gasteiger partial charge in [0.1, 0.15) is 5.75 Å². The molecule has 1 aliphatic rings. The molecule has 31 heavy (non-hydrogen) atoms. The third-order valence-corrected chi connectivity index (χ3v) is 6.07. The molecule has 0 saturated carbocycles. The summed E-state index contributed by atoms with van der Waals surface area (Å²) in [5.41, 5.74) is 3.79. The number of hydrogen-bond donors (Lipinski definition) is 1. The van der Waals surface area contributed by atoms with Gasteiger partial charge >= 0.3 is 6.03 Å². The smallest absolute Gasteiger partial charge is 0.323 e. The Labute approximate surface area is 186 Å². The molecule has 0 aliphatic carbocycles. The van der Waals surface area contributed by atoms with E-state index in [1.807, 2.05) is 17.0 Å². The summed E-state index contributed by atoms with van der Waals surface area (Å²) >= 11 is 1.71. The molecule has 1 unspecified atom stereocenters. The normalized spacial score (nSPS) is 17.5. The number of benzene rings is 1. The molecule has 0 bridgehead atoms. The van der Waals surface area contributed by atoms with Crippen LogP contribution in [0.3, 0.4) is 0 Å². The van der Waals surface area contributed by atoms with Gasteiger partial charge in [-0.05, 0) is 64.6 Å². The predicted octanol–water partition coefficient (Wildman–Crippen LogP) is 5.12. The Bertz CT molecular complexity index is 1020. The lowest BCUT2D eigenvalue weighted by atomic mass is 9.91. The largest absolute Gasteiger partial charge is 0.493 e. The van der Waals surface area contributed by atoms with Gasteiger partial charge in [0, 0.05) is 25.7 Å². The van der Waals surface area contributed by atoms with Crippen molar-refractivity contribution in [3.05, 3.63) is 76.1 Å². The molecule has 160 valence electrons. The van der Waals surface area contributed by atoms with Gasteiger partial charge in [-0.25, -0.2) is 4.79 Å². The summed E-state index contributed by atoms with van der Waals surface area (Å²) in [6.45, 7) is 4.19. The first-order chi connectivity index (χ1) is 15.2. The van der Waals surface area contributed by atoms with Gasteiger partial charge in [0.2, 0.25) is 0 Å². The van der Waals surface area contributed by atoms with Gasteiger partial charge < -0.3 is 9.64 Å². The molecule has 2 amide bonds. The predicted molar refractivity (Wildman–Crippen MR) is 124 cm³/mol. The summed E-state index contributed by atoms with van der Waals surface area (Å²) < 4.78 is 5.94. The molecule has 1 N–H and O–H groups in total. The number of rotatable bonds is 6. The van der Waals surface area contributed by atoms with Crippen LogP contribution >= 0.6 is 11.3 Å². The molecule has 2 aromatic heterocycles. The molecule has 6 nitrogen and oxygen atoms in total. The monoisotopic (exact) mass is 434 g/mol. The summed E-state index contributed by atoms with van der Waals surface area (Å²) in [5.74, 6) is 1.64. The van der Waals surface area contributed by atoms with Crippen LogP contribution < -0.4 is 10.1 Å². The van der Waals surface area contributed by atoms with Crippen molar-refractivity contribution >= 4 is 29.3 Å². The standard InChI is InChI=1S/C24H26N4O2S/c1-18-16-28(24(29)26-23-6-3-10-25-27-23)11-7-21(18)14-20-4-2-5-22(15-20)30-12-8-19-9-13-31-17-19/h2-6,9-10,13-15,17-18H,7-8,11-12,16H2,1H3,(H,26,27,29). The fourth-order valence-electron chi connectivity index (χ4n) is 3.64. The van der Waals surface area contributed by atoms with Crippen LogP contribution in [0.4, 0.5) is 10.6 Å². The van der Waals surface area contributed by atoms with Crippen molar-refractivity contribution in [1.82, 2.24) is 15.1 Å². The number of nitrogens with one attached hydrogen (secondary N) is 1. The lowest BCUT2D eigenvalue weighted by molar-refractivity contribution is 0.197. The molecule has 3 heterocycles. The molecule has 1 aromatic carbocycles. The molecule has 1 atom stereocenters. The van der Waals surface area contributed by atoms with Gasteiger partial charge in [-0.15, -0.1) is 5.10 Å². The van der Waals surface area contributed by atoms with E-state index in [-0.39, 0.29) is 11.9 Å². The number of nitrogens with zero attached hydrogens (tertiary/aromatic N) is 3. The Kier molecular flexibility index (Phi) is 6.94. The Balaban J connectivity index is 1.32. The Morgan fingerprint density at radius 3 is 3.03 bits per heavy atom. The minimum atomic E-state index is -0.132. The van der Waals surface area contributed by atoms with E-state index < -0.39 is 0 Å². The van der Waals surface area contributed by atoms with Gasteiger partial charge in [-0.1, -0.05) is 30.7 Å². The van der Waals surface area contributed by atoms with Crippen LogP contribution in [0.5, 0.6) is 5.75 Å². The second kappa shape index (κ2) is 10.2. The first kappa shape index (κ1) is 21.1. The molecule has 3 aromatic rings. The second-order valence-corrected chi connectivity index (χ2v) is 8.44. The number of thiophene rings is 1. The zero-order valence-corrected chi connectivity index (χ0v) is 18.3. The van der Waals surface area contributed by atoms with Crippen LogP contribution in [0.15, 0.2) is 65.0 Å². The van der Waals surface area contributed by atoms with Crippen LogP contribution in [0.1, 0.15) is 24.5 Å². The maximum Gasteiger partial charge on any atom is 0.323 e. The number of ether oxygens (including phenoxy) is 1. The summed E-state index contributed by atoms with van der Waals surface area (Å²) in [5, 5.41) is 14.8. The average molecular weight is 435 g/mol. The third kappa shape index (κ3) is 5.92. The maximum atomic E-state index is 12.5. The number of amides is 2. The first-order valence-corrected chi connectivity index (χ1v) is 11.4. The molecule has 4 rings (SSSR count). The topological polar surface area (TPSA) is 67.4 Å². The molecule has 0 radical (unpaired) electrons. The van der Waals surface area contributed by atoms with E-state index in [2.05, 4.69) is 57.5 Å². The number of likely N-dealkylation sites (tertiary alicyclic amines) is 1. The van der Waals surface area contributed by atoms with Crippen molar-refractivity contribution in [2.75, 3.05) is 25.0 Å². The summed E-state index contributed by atoms with van der Waals surface area (Å²) in [7, 11) is 0. The van der Waals surface area contributed by atoms with Gasteiger partial charge in [0.05, 0.1) is 6.61 Å². The molecule has 1 fully saturated rings. The average Bonchev–Trinajstić information content (AvgIpc) is 3.30. The summed E-state index contributed by atoms with van der Waals surface area (Å²) in [6, 6.07) is 13.7. The Hall–Kier alpha value is -3.19. The number of piperidine rings is 1.